The number of sulfone groups is 1. The maximum absolute atomic E-state index is 12.3. The van der Waals surface area contributed by atoms with Gasteiger partial charge in [0.15, 0.2) is 15.8 Å². The Labute approximate surface area is 183 Å². The summed E-state index contributed by atoms with van der Waals surface area (Å²) in [5, 5.41) is 6.24. The third-order valence-corrected chi connectivity index (χ3v) is 6.01. The van der Waals surface area contributed by atoms with Crippen LogP contribution in [0.4, 0.5) is 0 Å². The molecule has 0 saturated carbocycles. The Balaban J connectivity index is 0.00000280. The number of ether oxygens (including phenoxy) is 1. The SMILES string of the molecule is CCNC(=NCC1Cc2ccccc2O1)NCCS(=O)(=O)c1ccccc1.I. The fourth-order valence-electron chi connectivity index (χ4n) is 2.94. The number of hydrogen-bond acceptors (Lipinski definition) is 4. The molecule has 1 heterocycles. The highest BCUT2D eigenvalue weighted by Crippen LogP contribution is 2.28. The number of nitrogens with zero attached hydrogens (tertiary/aromatic N) is 1. The molecule has 0 bridgehead atoms. The van der Waals surface area contributed by atoms with Crippen LogP contribution in [-0.4, -0.2) is 45.9 Å². The molecule has 0 aliphatic carbocycles. The van der Waals surface area contributed by atoms with E-state index < -0.39 is 9.84 Å². The third-order valence-electron chi connectivity index (χ3n) is 4.28. The second-order valence-electron chi connectivity index (χ2n) is 6.33. The molecule has 0 saturated heterocycles. The maximum Gasteiger partial charge on any atom is 0.191 e. The number of guanidine groups is 1. The zero-order valence-corrected chi connectivity index (χ0v) is 18.9. The molecule has 8 heteroatoms. The first-order valence-corrected chi connectivity index (χ1v) is 10.8. The molecule has 0 aromatic heterocycles. The number of benzene rings is 2. The molecule has 2 aromatic rings. The summed E-state index contributed by atoms with van der Waals surface area (Å²) in [7, 11) is -3.31. The van der Waals surface area contributed by atoms with Gasteiger partial charge in [0.2, 0.25) is 0 Å². The lowest BCUT2D eigenvalue weighted by atomic mass is 10.1. The van der Waals surface area contributed by atoms with Crippen LogP contribution in [0.2, 0.25) is 0 Å². The molecule has 2 N–H and O–H groups in total. The molecule has 1 aliphatic heterocycles. The van der Waals surface area contributed by atoms with Crippen molar-refractivity contribution in [3.63, 3.8) is 0 Å². The van der Waals surface area contributed by atoms with Crippen molar-refractivity contribution in [2.75, 3.05) is 25.4 Å². The predicted octanol–water partition coefficient (Wildman–Crippen LogP) is 2.64. The largest absolute Gasteiger partial charge is 0.488 e. The number of fused-ring (bicyclic) bond motifs is 1. The summed E-state index contributed by atoms with van der Waals surface area (Å²) in [6.45, 7) is 3.47. The molecule has 1 aliphatic rings. The Morgan fingerprint density at radius 3 is 2.54 bits per heavy atom. The summed E-state index contributed by atoms with van der Waals surface area (Å²) in [4.78, 5) is 4.88. The molecule has 152 valence electrons. The molecule has 2 aromatic carbocycles. The molecule has 0 amide bonds. The molecular weight excluding hydrogens is 489 g/mol. The quantitative estimate of drug-likeness (QED) is 0.337. The van der Waals surface area contributed by atoms with E-state index in [-0.39, 0.29) is 42.4 Å². The van der Waals surface area contributed by atoms with Crippen LogP contribution in [0.3, 0.4) is 0 Å². The Morgan fingerprint density at radius 1 is 1.11 bits per heavy atom. The molecule has 1 atom stereocenters. The molecule has 0 fully saturated rings. The van der Waals surface area contributed by atoms with E-state index >= 15 is 0 Å². The second kappa shape index (κ2) is 10.7. The van der Waals surface area contributed by atoms with Gasteiger partial charge in [0.1, 0.15) is 11.9 Å². The highest BCUT2D eigenvalue weighted by Gasteiger charge is 2.22. The van der Waals surface area contributed by atoms with Gasteiger partial charge in [-0.05, 0) is 30.7 Å². The minimum absolute atomic E-state index is 0. The van der Waals surface area contributed by atoms with Gasteiger partial charge >= 0.3 is 0 Å². The average molecular weight is 515 g/mol. The Kier molecular flexibility index (Phi) is 8.56. The first-order chi connectivity index (χ1) is 13.1. The van der Waals surface area contributed by atoms with E-state index in [9.17, 15) is 8.42 Å². The number of halogens is 1. The van der Waals surface area contributed by atoms with Gasteiger partial charge in [0.05, 0.1) is 17.2 Å². The second-order valence-corrected chi connectivity index (χ2v) is 8.44. The van der Waals surface area contributed by atoms with Crippen molar-refractivity contribution in [2.24, 2.45) is 4.99 Å². The Bertz CT molecular complexity index is 864. The lowest BCUT2D eigenvalue weighted by Gasteiger charge is -2.13. The first kappa shape index (κ1) is 22.5. The van der Waals surface area contributed by atoms with Crippen molar-refractivity contribution >= 4 is 39.8 Å². The number of rotatable bonds is 7. The highest BCUT2D eigenvalue weighted by molar-refractivity contribution is 14.0. The smallest absolute Gasteiger partial charge is 0.191 e. The molecule has 6 nitrogen and oxygen atoms in total. The fraction of sp³-hybridized carbons (Fsp3) is 0.350. The summed E-state index contributed by atoms with van der Waals surface area (Å²) in [5.74, 6) is 1.53. The van der Waals surface area contributed by atoms with Crippen molar-refractivity contribution in [2.45, 2.75) is 24.3 Å². The zero-order valence-electron chi connectivity index (χ0n) is 15.8. The van der Waals surface area contributed by atoms with Crippen LogP contribution < -0.4 is 15.4 Å². The fourth-order valence-corrected chi connectivity index (χ4v) is 4.12. The van der Waals surface area contributed by atoms with E-state index in [1.807, 2.05) is 25.1 Å². The van der Waals surface area contributed by atoms with Crippen molar-refractivity contribution < 1.29 is 13.2 Å². The van der Waals surface area contributed by atoms with E-state index in [2.05, 4.69) is 21.7 Å². The minimum atomic E-state index is -3.31. The van der Waals surface area contributed by atoms with Gasteiger partial charge in [-0.1, -0.05) is 36.4 Å². The van der Waals surface area contributed by atoms with Crippen LogP contribution in [0.1, 0.15) is 12.5 Å². The van der Waals surface area contributed by atoms with Crippen LogP contribution in [-0.2, 0) is 16.3 Å². The van der Waals surface area contributed by atoms with Crippen LogP contribution in [0.25, 0.3) is 0 Å². The van der Waals surface area contributed by atoms with Crippen molar-refractivity contribution in [1.82, 2.24) is 10.6 Å². The van der Waals surface area contributed by atoms with Crippen molar-refractivity contribution in [3.8, 4) is 5.75 Å². The van der Waals surface area contributed by atoms with Crippen LogP contribution >= 0.6 is 24.0 Å². The summed E-state index contributed by atoms with van der Waals surface area (Å²) in [6, 6.07) is 16.5. The standard InChI is InChI=1S/C20H25N3O3S.HI/c1-2-21-20(22-12-13-27(24,25)18-9-4-3-5-10-18)23-15-17-14-16-8-6-7-11-19(16)26-17;/h3-11,17H,2,12-15H2,1H3,(H2,21,22,23);1H. The van der Waals surface area contributed by atoms with Gasteiger partial charge in [0, 0.05) is 19.5 Å². The molecule has 28 heavy (non-hydrogen) atoms. The lowest BCUT2D eigenvalue weighted by Crippen LogP contribution is -2.40. The average Bonchev–Trinajstić information content (AvgIpc) is 3.10. The van der Waals surface area contributed by atoms with Gasteiger partial charge in [-0.2, -0.15) is 0 Å². The number of aliphatic imine (C=N–C) groups is 1. The Morgan fingerprint density at radius 2 is 1.82 bits per heavy atom. The first-order valence-electron chi connectivity index (χ1n) is 9.13. The van der Waals surface area contributed by atoms with E-state index in [1.165, 1.54) is 5.56 Å². The number of hydrogen-bond donors (Lipinski definition) is 2. The highest BCUT2D eigenvalue weighted by atomic mass is 127. The summed E-state index contributed by atoms with van der Waals surface area (Å²) in [6.07, 6.45) is 0.840. The third kappa shape index (κ3) is 6.10. The van der Waals surface area contributed by atoms with Crippen LogP contribution in [0.15, 0.2) is 64.5 Å². The van der Waals surface area contributed by atoms with Gasteiger partial charge in [-0.15, -0.1) is 24.0 Å². The normalized spacial score (nSPS) is 15.9. The Hall–Kier alpha value is -1.81. The van der Waals surface area contributed by atoms with Crippen molar-refractivity contribution in [3.05, 3.63) is 60.2 Å². The number of nitrogens with one attached hydrogen (secondary N) is 2. The summed E-state index contributed by atoms with van der Waals surface area (Å²) < 4.78 is 30.6. The molecule has 3 rings (SSSR count). The van der Waals surface area contributed by atoms with Gasteiger partial charge in [-0.3, -0.25) is 0 Å². The van der Waals surface area contributed by atoms with E-state index in [4.69, 9.17) is 4.74 Å². The van der Waals surface area contributed by atoms with Gasteiger partial charge in [0.25, 0.3) is 0 Å². The maximum atomic E-state index is 12.3. The van der Waals surface area contributed by atoms with E-state index in [1.54, 1.807) is 30.3 Å². The van der Waals surface area contributed by atoms with E-state index in [0.717, 1.165) is 12.2 Å². The topological polar surface area (TPSA) is 79.8 Å². The lowest BCUT2D eigenvalue weighted by molar-refractivity contribution is 0.241. The molecule has 0 radical (unpaired) electrons. The summed E-state index contributed by atoms with van der Waals surface area (Å²) in [5.41, 5.74) is 1.20. The van der Waals surface area contributed by atoms with E-state index in [0.29, 0.717) is 23.9 Å². The van der Waals surface area contributed by atoms with Crippen LogP contribution in [0, 0.1) is 0 Å². The monoisotopic (exact) mass is 515 g/mol. The van der Waals surface area contributed by atoms with Crippen molar-refractivity contribution in [1.29, 1.82) is 0 Å². The van der Waals surface area contributed by atoms with Crippen LogP contribution in [0.5, 0.6) is 5.75 Å². The minimum Gasteiger partial charge on any atom is -0.488 e. The van der Waals surface area contributed by atoms with Gasteiger partial charge in [-0.25, -0.2) is 13.4 Å². The summed E-state index contributed by atoms with van der Waals surface area (Å²) >= 11 is 0. The molecular formula is C20H26IN3O3S. The predicted molar refractivity (Wildman–Crippen MR) is 122 cm³/mol. The number of para-hydroxylation sites is 1. The molecule has 1 unspecified atom stereocenters. The zero-order chi connectivity index (χ0) is 19.1. The van der Waals surface area contributed by atoms with Gasteiger partial charge < -0.3 is 15.4 Å². The molecule has 0 spiro atoms.